The van der Waals surface area contributed by atoms with E-state index in [9.17, 15) is 0 Å². The zero-order valence-corrected chi connectivity index (χ0v) is 17.9. The molecule has 2 rings (SSSR count). The summed E-state index contributed by atoms with van der Waals surface area (Å²) in [6.45, 7) is 4.75. The Morgan fingerprint density at radius 1 is 0.760 bits per heavy atom. The Hall–Kier alpha value is -1.08. The van der Waals surface area contributed by atoms with Crippen molar-refractivity contribution >= 4 is 31.9 Å². The van der Waals surface area contributed by atoms with Gasteiger partial charge in [0.1, 0.15) is 11.5 Å². The predicted octanol–water partition coefficient (Wildman–Crippen LogP) is 5.50. The van der Waals surface area contributed by atoms with Gasteiger partial charge in [-0.05, 0) is 47.5 Å². The summed E-state index contributed by atoms with van der Waals surface area (Å²) in [4.78, 5) is 0. The van der Waals surface area contributed by atoms with Crippen LogP contribution in [-0.2, 0) is 14.9 Å². The van der Waals surface area contributed by atoms with Crippen LogP contribution in [0.25, 0.3) is 0 Å². The van der Waals surface area contributed by atoms with E-state index in [1.807, 2.05) is 36.4 Å². The molecule has 0 radical (unpaired) electrons. The summed E-state index contributed by atoms with van der Waals surface area (Å²) in [5.74, 6) is 1.52. The topological polar surface area (TPSA) is 36.9 Å². The maximum atomic E-state index is 5.59. The average Bonchev–Trinajstić information content (AvgIpc) is 2.60. The molecule has 2 aromatic carbocycles. The van der Waals surface area contributed by atoms with E-state index in [1.165, 1.54) is 0 Å². The van der Waals surface area contributed by atoms with Gasteiger partial charge < -0.3 is 18.9 Å². The van der Waals surface area contributed by atoms with Crippen molar-refractivity contribution in [1.29, 1.82) is 0 Å². The average molecular weight is 474 g/mol. The summed E-state index contributed by atoms with van der Waals surface area (Å²) in [6, 6.07) is 11.9. The quantitative estimate of drug-likeness (QED) is 0.474. The van der Waals surface area contributed by atoms with Crippen molar-refractivity contribution in [3.05, 3.63) is 56.5 Å². The van der Waals surface area contributed by atoms with E-state index in [0.29, 0.717) is 0 Å². The van der Waals surface area contributed by atoms with Gasteiger partial charge in [0, 0.05) is 28.6 Å². The van der Waals surface area contributed by atoms with E-state index in [0.717, 1.165) is 31.6 Å². The zero-order chi connectivity index (χ0) is 18.4. The summed E-state index contributed by atoms with van der Waals surface area (Å²) < 4.78 is 23.2. The van der Waals surface area contributed by atoms with Gasteiger partial charge in [-0.3, -0.25) is 0 Å². The molecule has 0 spiro atoms. The number of halogens is 2. The van der Waals surface area contributed by atoms with Crippen LogP contribution in [0.1, 0.15) is 25.0 Å². The van der Waals surface area contributed by atoms with E-state index in [-0.39, 0.29) is 19.0 Å². The fourth-order valence-corrected chi connectivity index (χ4v) is 4.03. The SMILES string of the molecule is COCOc1ccc(Br)c(C(C)(C)c2cc(OCOC)ccc2Br)c1. The molecule has 0 unspecified atom stereocenters. The summed E-state index contributed by atoms with van der Waals surface area (Å²) in [6.07, 6.45) is 0. The second-order valence-corrected chi connectivity index (χ2v) is 7.72. The fraction of sp³-hybridized carbons (Fsp3) is 0.368. The molecule has 25 heavy (non-hydrogen) atoms. The predicted molar refractivity (Wildman–Crippen MR) is 105 cm³/mol. The normalized spacial score (nSPS) is 11.4. The number of methoxy groups -OCH3 is 2. The van der Waals surface area contributed by atoms with Gasteiger partial charge in [0.15, 0.2) is 13.6 Å². The molecule has 0 saturated heterocycles. The Labute approximate surface area is 165 Å². The van der Waals surface area contributed by atoms with Crippen LogP contribution in [0.3, 0.4) is 0 Å². The first-order chi connectivity index (χ1) is 11.9. The molecular weight excluding hydrogens is 452 g/mol. The van der Waals surface area contributed by atoms with Crippen molar-refractivity contribution < 1.29 is 18.9 Å². The van der Waals surface area contributed by atoms with Gasteiger partial charge in [0.05, 0.1) is 0 Å². The minimum absolute atomic E-state index is 0.214. The van der Waals surface area contributed by atoms with Crippen molar-refractivity contribution in [1.82, 2.24) is 0 Å². The first-order valence-corrected chi connectivity index (χ1v) is 9.32. The third-order valence-electron chi connectivity index (χ3n) is 3.91. The third kappa shape index (κ3) is 4.97. The molecule has 0 aliphatic carbocycles. The third-order valence-corrected chi connectivity index (χ3v) is 5.29. The molecular formula is C19H22Br2O4. The molecule has 6 heteroatoms. The van der Waals surface area contributed by atoms with E-state index in [4.69, 9.17) is 18.9 Å². The Balaban J connectivity index is 2.43. The summed E-state index contributed by atoms with van der Waals surface area (Å²) in [5.41, 5.74) is 1.91. The van der Waals surface area contributed by atoms with Gasteiger partial charge in [0.25, 0.3) is 0 Å². The monoisotopic (exact) mass is 472 g/mol. The smallest absolute Gasteiger partial charge is 0.188 e. The lowest BCUT2D eigenvalue weighted by atomic mass is 9.78. The molecule has 0 heterocycles. The second-order valence-electron chi connectivity index (χ2n) is 6.01. The minimum atomic E-state index is -0.295. The summed E-state index contributed by atoms with van der Waals surface area (Å²) in [7, 11) is 3.21. The van der Waals surface area contributed by atoms with Crippen LogP contribution in [0.5, 0.6) is 11.5 Å². The first-order valence-electron chi connectivity index (χ1n) is 7.73. The highest BCUT2D eigenvalue weighted by Crippen LogP contribution is 2.42. The Bertz CT molecular complexity index is 657. The molecule has 0 atom stereocenters. The molecule has 2 aromatic rings. The summed E-state index contributed by atoms with van der Waals surface area (Å²) in [5, 5.41) is 0. The van der Waals surface area contributed by atoms with Gasteiger partial charge in [-0.15, -0.1) is 0 Å². The van der Waals surface area contributed by atoms with Crippen LogP contribution in [0, 0.1) is 0 Å². The fourth-order valence-electron chi connectivity index (χ4n) is 2.55. The standard InChI is InChI=1S/C19H22Br2O4/c1-19(2,15-9-13(24-11-22-3)5-7-17(15)20)16-10-14(25-12-23-4)6-8-18(16)21/h5-10H,11-12H2,1-4H3. The molecule has 0 aliphatic heterocycles. The highest BCUT2D eigenvalue weighted by molar-refractivity contribution is 9.10. The Kier molecular flexibility index (Phi) is 7.31. The number of hydrogen-bond acceptors (Lipinski definition) is 4. The lowest BCUT2D eigenvalue weighted by Gasteiger charge is -2.29. The molecule has 136 valence electrons. The van der Waals surface area contributed by atoms with Crippen LogP contribution in [-0.4, -0.2) is 27.8 Å². The number of rotatable bonds is 8. The molecule has 0 bridgehead atoms. The van der Waals surface area contributed by atoms with Crippen molar-refractivity contribution in [2.45, 2.75) is 19.3 Å². The van der Waals surface area contributed by atoms with E-state index >= 15 is 0 Å². The van der Waals surface area contributed by atoms with Gasteiger partial charge in [0.2, 0.25) is 0 Å². The van der Waals surface area contributed by atoms with E-state index < -0.39 is 0 Å². The van der Waals surface area contributed by atoms with Gasteiger partial charge in [-0.25, -0.2) is 0 Å². The maximum Gasteiger partial charge on any atom is 0.188 e. The lowest BCUT2D eigenvalue weighted by Crippen LogP contribution is -2.20. The molecule has 0 aliphatic rings. The number of benzene rings is 2. The molecule has 0 amide bonds. The lowest BCUT2D eigenvalue weighted by molar-refractivity contribution is 0.0510. The van der Waals surface area contributed by atoms with Crippen molar-refractivity contribution in [3.63, 3.8) is 0 Å². The van der Waals surface area contributed by atoms with Crippen molar-refractivity contribution in [2.75, 3.05) is 27.8 Å². The number of hydrogen-bond donors (Lipinski definition) is 0. The molecule has 0 aromatic heterocycles. The van der Waals surface area contributed by atoms with E-state index in [1.54, 1.807) is 14.2 Å². The zero-order valence-electron chi connectivity index (χ0n) is 14.8. The van der Waals surface area contributed by atoms with Gasteiger partial charge >= 0.3 is 0 Å². The van der Waals surface area contributed by atoms with Crippen LogP contribution in [0.4, 0.5) is 0 Å². The Morgan fingerprint density at radius 3 is 1.52 bits per heavy atom. The van der Waals surface area contributed by atoms with Crippen molar-refractivity contribution in [2.24, 2.45) is 0 Å². The maximum absolute atomic E-state index is 5.59. The van der Waals surface area contributed by atoms with Crippen LogP contribution >= 0.6 is 31.9 Å². The highest BCUT2D eigenvalue weighted by atomic mass is 79.9. The molecule has 0 fully saturated rings. The first kappa shape index (κ1) is 20.2. The largest absolute Gasteiger partial charge is 0.468 e. The van der Waals surface area contributed by atoms with Crippen LogP contribution in [0.2, 0.25) is 0 Å². The van der Waals surface area contributed by atoms with E-state index in [2.05, 4.69) is 45.7 Å². The number of ether oxygens (including phenoxy) is 4. The summed E-state index contributed by atoms with van der Waals surface area (Å²) >= 11 is 7.33. The second kappa shape index (κ2) is 9.03. The molecule has 0 saturated carbocycles. The highest BCUT2D eigenvalue weighted by Gasteiger charge is 2.28. The molecule has 4 nitrogen and oxygen atoms in total. The van der Waals surface area contributed by atoms with Crippen molar-refractivity contribution in [3.8, 4) is 11.5 Å². The Morgan fingerprint density at radius 2 is 1.16 bits per heavy atom. The van der Waals surface area contributed by atoms with Crippen LogP contribution < -0.4 is 9.47 Å². The molecule has 0 N–H and O–H groups in total. The minimum Gasteiger partial charge on any atom is -0.468 e. The van der Waals surface area contributed by atoms with Gasteiger partial charge in [-0.2, -0.15) is 0 Å². The van der Waals surface area contributed by atoms with Gasteiger partial charge in [-0.1, -0.05) is 45.7 Å². The van der Waals surface area contributed by atoms with Crippen LogP contribution in [0.15, 0.2) is 45.3 Å².